The minimum absolute atomic E-state index is 0.0346. The van der Waals surface area contributed by atoms with Crippen molar-refractivity contribution in [1.29, 1.82) is 0 Å². The molecule has 158 valence electrons. The van der Waals surface area contributed by atoms with Gasteiger partial charge in [-0.1, -0.05) is 12.1 Å². The third kappa shape index (κ3) is 4.74. The van der Waals surface area contributed by atoms with E-state index in [-0.39, 0.29) is 33.6 Å². The van der Waals surface area contributed by atoms with Crippen molar-refractivity contribution in [3.05, 3.63) is 60.3 Å². The first-order valence-corrected chi connectivity index (χ1v) is 10.2. The molecule has 0 saturated heterocycles. The summed E-state index contributed by atoms with van der Waals surface area (Å²) in [6.45, 7) is 0. The summed E-state index contributed by atoms with van der Waals surface area (Å²) in [6, 6.07) is 9.74. The fourth-order valence-electron chi connectivity index (χ4n) is 2.43. The van der Waals surface area contributed by atoms with Crippen LogP contribution in [-0.2, 0) is 16.0 Å². The number of nitrogen functional groups attached to an aromatic ring is 2. The number of anilines is 2. The van der Waals surface area contributed by atoms with Crippen LogP contribution < -0.4 is 20.9 Å². The molecule has 11 heteroatoms. The van der Waals surface area contributed by atoms with Crippen molar-refractivity contribution in [3.63, 3.8) is 0 Å². The maximum atomic E-state index is 13.3. The van der Waals surface area contributed by atoms with E-state index in [1.165, 1.54) is 36.4 Å². The molecule has 2 aromatic carbocycles. The zero-order valence-electron chi connectivity index (χ0n) is 15.5. The summed E-state index contributed by atoms with van der Waals surface area (Å²) in [7, 11) is -3.51. The molecule has 3 rings (SSSR count). The van der Waals surface area contributed by atoms with E-state index in [1.54, 1.807) is 0 Å². The Balaban J connectivity index is 1.99. The molecule has 3 aromatic rings. The Labute approximate surface area is 170 Å². The van der Waals surface area contributed by atoms with E-state index in [2.05, 4.69) is 4.98 Å². The molecular formula is C19H16F3N3O4S. The summed E-state index contributed by atoms with van der Waals surface area (Å²) in [6.07, 6.45) is -2.49. The Bertz CT molecular complexity index is 1180. The first-order chi connectivity index (χ1) is 13.9. The van der Waals surface area contributed by atoms with Crippen LogP contribution in [-0.4, -0.2) is 19.7 Å². The number of rotatable bonds is 5. The van der Waals surface area contributed by atoms with E-state index in [0.29, 0.717) is 0 Å². The SMILES string of the molecule is CS(=O)(=O)c1ccc(Oc2cc(N)c(N)cc2Oc2ccccc2C(F)(F)F)cn1. The quantitative estimate of drug-likeness (QED) is 0.571. The lowest BCUT2D eigenvalue weighted by Gasteiger charge is -2.17. The average Bonchev–Trinajstić information content (AvgIpc) is 2.65. The summed E-state index contributed by atoms with van der Waals surface area (Å²) < 4.78 is 73.9. The standard InChI is InChI=1S/C19H16F3N3O4S/c1-30(26,27)18-7-6-11(10-25-18)28-16-8-13(23)14(24)9-17(16)29-15-5-3-2-4-12(15)19(20,21)22/h2-10H,23-24H2,1H3. The number of nitrogens with two attached hydrogens (primary N) is 2. The highest BCUT2D eigenvalue weighted by Gasteiger charge is 2.34. The number of hydrogen-bond donors (Lipinski definition) is 2. The fraction of sp³-hybridized carbons (Fsp3) is 0.105. The molecule has 0 aliphatic heterocycles. The summed E-state index contributed by atoms with van der Waals surface area (Å²) in [4.78, 5) is 3.79. The molecule has 0 unspecified atom stereocenters. The lowest BCUT2D eigenvalue weighted by molar-refractivity contribution is -0.138. The van der Waals surface area contributed by atoms with Gasteiger partial charge in [0.25, 0.3) is 0 Å². The average molecular weight is 439 g/mol. The Kier molecular flexibility index (Phi) is 5.49. The molecule has 0 aliphatic carbocycles. The zero-order chi connectivity index (χ0) is 22.1. The van der Waals surface area contributed by atoms with Crippen molar-refractivity contribution < 1.29 is 31.1 Å². The van der Waals surface area contributed by atoms with Gasteiger partial charge in [0.2, 0.25) is 0 Å². The number of pyridine rings is 1. The van der Waals surface area contributed by atoms with Crippen LogP contribution in [0, 0.1) is 0 Å². The first kappa shape index (κ1) is 21.2. The van der Waals surface area contributed by atoms with E-state index in [9.17, 15) is 21.6 Å². The number of aromatic nitrogens is 1. The lowest BCUT2D eigenvalue weighted by Crippen LogP contribution is -2.07. The van der Waals surface area contributed by atoms with Gasteiger partial charge >= 0.3 is 6.18 Å². The third-order valence-corrected chi connectivity index (χ3v) is 4.88. The topological polar surface area (TPSA) is 118 Å². The van der Waals surface area contributed by atoms with Crippen molar-refractivity contribution >= 4 is 21.2 Å². The van der Waals surface area contributed by atoms with E-state index in [0.717, 1.165) is 24.6 Å². The van der Waals surface area contributed by atoms with Crippen molar-refractivity contribution in [2.75, 3.05) is 17.7 Å². The van der Waals surface area contributed by atoms with Gasteiger partial charge in [-0.25, -0.2) is 13.4 Å². The Morgan fingerprint density at radius 1 is 0.900 bits per heavy atom. The first-order valence-electron chi connectivity index (χ1n) is 8.32. The van der Waals surface area contributed by atoms with Gasteiger partial charge in [-0.2, -0.15) is 13.2 Å². The van der Waals surface area contributed by atoms with Gasteiger partial charge in [-0.3, -0.25) is 0 Å². The predicted octanol–water partition coefficient (Wildman–Crippen LogP) is 4.25. The largest absolute Gasteiger partial charge is 0.453 e. The summed E-state index contributed by atoms with van der Waals surface area (Å²) in [5.74, 6) is -0.497. The molecule has 0 atom stereocenters. The van der Waals surface area contributed by atoms with Crippen LogP contribution in [0.5, 0.6) is 23.0 Å². The normalized spacial score (nSPS) is 11.9. The number of hydrogen-bond acceptors (Lipinski definition) is 7. The number of alkyl halides is 3. The van der Waals surface area contributed by atoms with Crippen LogP contribution in [0.1, 0.15) is 5.56 Å². The molecule has 1 aromatic heterocycles. The molecule has 0 amide bonds. The van der Waals surface area contributed by atoms with Gasteiger partial charge in [0.05, 0.1) is 23.1 Å². The molecule has 0 fully saturated rings. The highest BCUT2D eigenvalue weighted by atomic mass is 32.2. The van der Waals surface area contributed by atoms with Gasteiger partial charge in [-0.15, -0.1) is 0 Å². The van der Waals surface area contributed by atoms with Gasteiger partial charge in [0.1, 0.15) is 11.5 Å². The zero-order valence-corrected chi connectivity index (χ0v) is 16.3. The molecule has 0 radical (unpaired) electrons. The monoisotopic (exact) mass is 439 g/mol. The number of ether oxygens (including phenoxy) is 2. The maximum absolute atomic E-state index is 13.3. The summed E-state index contributed by atoms with van der Waals surface area (Å²) in [5, 5.41) is -0.165. The van der Waals surface area contributed by atoms with Crippen molar-refractivity contribution in [3.8, 4) is 23.0 Å². The van der Waals surface area contributed by atoms with Gasteiger partial charge in [-0.05, 0) is 24.3 Å². The molecule has 0 bridgehead atoms. The van der Waals surface area contributed by atoms with Crippen molar-refractivity contribution in [2.45, 2.75) is 11.2 Å². The Morgan fingerprint density at radius 2 is 1.50 bits per heavy atom. The van der Waals surface area contributed by atoms with Crippen LogP contribution in [0.4, 0.5) is 24.5 Å². The van der Waals surface area contributed by atoms with Crippen LogP contribution in [0.25, 0.3) is 0 Å². The van der Waals surface area contributed by atoms with Crippen LogP contribution in [0.2, 0.25) is 0 Å². The van der Waals surface area contributed by atoms with Crippen LogP contribution in [0.3, 0.4) is 0 Å². The maximum Gasteiger partial charge on any atom is 0.419 e. The van der Waals surface area contributed by atoms with Crippen molar-refractivity contribution in [1.82, 2.24) is 4.98 Å². The Hall–Kier alpha value is -3.47. The third-order valence-electron chi connectivity index (χ3n) is 3.88. The predicted molar refractivity (Wildman–Crippen MR) is 104 cm³/mol. The molecule has 4 N–H and O–H groups in total. The highest BCUT2D eigenvalue weighted by Crippen LogP contribution is 2.43. The molecule has 0 saturated carbocycles. The second kappa shape index (κ2) is 7.75. The molecule has 1 heterocycles. The number of para-hydroxylation sites is 1. The van der Waals surface area contributed by atoms with Crippen LogP contribution in [0.15, 0.2) is 59.8 Å². The minimum atomic E-state index is -4.64. The van der Waals surface area contributed by atoms with E-state index in [4.69, 9.17) is 20.9 Å². The molecule has 7 nitrogen and oxygen atoms in total. The van der Waals surface area contributed by atoms with E-state index in [1.807, 2.05) is 0 Å². The summed E-state index contributed by atoms with van der Waals surface area (Å²) >= 11 is 0. The fourth-order valence-corrected chi connectivity index (χ4v) is 2.99. The number of sulfone groups is 1. The van der Waals surface area contributed by atoms with Gasteiger partial charge in [0, 0.05) is 18.4 Å². The number of halogens is 3. The molecule has 30 heavy (non-hydrogen) atoms. The highest BCUT2D eigenvalue weighted by molar-refractivity contribution is 7.90. The van der Waals surface area contributed by atoms with Gasteiger partial charge < -0.3 is 20.9 Å². The number of benzene rings is 2. The van der Waals surface area contributed by atoms with Crippen LogP contribution >= 0.6 is 0 Å². The van der Waals surface area contributed by atoms with E-state index >= 15 is 0 Å². The molecule has 0 spiro atoms. The van der Waals surface area contributed by atoms with Gasteiger partial charge in [0.15, 0.2) is 26.4 Å². The minimum Gasteiger partial charge on any atom is -0.453 e. The smallest absolute Gasteiger partial charge is 0.419 e. The molecule has 0 aliphatic rings. The molecular weight excluding hydrogens is 423 g/mol. The second-order valence-electron chi connectivity index (χ2n) is 6.23. The van der Waals surface area contributed by atoms with Crippen molar-refractivity contribution in [2.24, 2.45) is 0 Å². The summed E-state index contributed by atoms with van der Waals surface area (Å²) in [5.41, 5.74) is 10.8. The number of nitrogens with zero attached hydrogens (tertiary/aromatic N) is 1. The lowest BCUT2D eigenvalue weighted by atomic mass is 10.2. The Morgan fingerprint density at radius 3 is 2.03 bits per heavy atom. The second-order valence-corrected chi connectivity index (χ2v) is 8.19. The van der Waals surface area contributed by atoms with E-state index < -0.39 is 27.3 Å².